The highest BCUT2D eigenvalue weighted by atomic mass is 35.5. The molecule has 9 nitrogen and oxygen atoms in total. The molecule has 210 valence electrons. The van der Waals surface area contributed by atoms with Crippen LogP contribution in [0.25, 0.3) is 11.3 Å². The molecule has 0 radical (unpaired) electrons. The van der Waals surface area contributed by atoms with Gasteiger partial charge in [-0.2, -0.15) is 0 Å². The molecular weight excluding hydrogens is 552 g/mol. The average Bonchev–Trinajstić information content (AvgIpc) is 3.20. The third kappa shape index (κ3) is 7.01. The van der Waals surface area contributed by atoms with Crippen LogP contribution in [-0.2, 0) is 26.0 Å². The van der Waals surface area contributed by atoms with Gasteiger partial charge in [0.15, 0.2) is 0 Å². The minimum atomic E-state index is -3.49. The van der Waals surface area contributed by atoms with Gasteiger partial charge < -0.3 is 20.6 Å². The highest BCUT2D eigenvalue weighted by Gasteiger charge is 2.29. The summed E-state index contributed by atoms with van der Waals surface area (Å²) >= 11 is 6.16. The normalized spacial score (nSPS) is 14.1. The topological polar surface area (TPSA) is 119 Å². The van der Waals surface area contributed by atoms with E-state index in [0.29, 0.717) is 64.0 Å². The summed E-state index contributed by atoms with van der Waals surface area (Å²) in [5, 5.41) is 15.9. The molecule has 0 aromatic heterocycles. The Balaban J connectivity index is 1.76. The molecule has 40 heavy (non-hydrogen) atoms. The number of carboxylic acid groups (broad SMARTS) is 1. The molecule has 0 saturated heterocycles. The van der Waals surface area contributed by atoms with E-state index in [4.69, 9.17) is 16.7 Å². The largest absolute Gasteiger partial charge is 0.481 e. The second-order valence-corrected chi connectivity index (χ2v) is 12.1. The van der Waals surface area contributed by atoms with E-state index < -0.39 is 16.0 Å². The van der Waals surface area contributed by atoms with E-state index in [9.17, 15) is 18.0 Å². The summed E-state index contributed by atoms with van der Waals surface area (Å²) in [7, 11) is 0.264. The summed E-state index contributed by atoms with van der Waals surface area (Å²) < 4.78 is 26.3. The number of hydrogen-bond donors (Lipinski definition) is 3. The summed E-state index contributed by atoms with van der Waals surface area (Å²) in [5.74, 6) is -1.20. The number of carbonyl (C=O) groups is 2. The molecule has 3 N–H and O–H groups in total. The molecule has 3 aromatic carbocycles. The van der Waals surface area contributed by atoms with Crippen LogP contribution < -0.4 is 14.9 Å². The lowest BCUT2D eigenvalue weighted by molar-refractivity contribution is -0.137. The molecule has 11 heteroatoms. The molecular formula is C29H31ClN4O5S. The molecule has 0 unspecified atom stereocenters. The van der Waals surface area contributed by atoms with Gasteiger partial charge >= 0.3 is 5.97 Å². The van der Waals surface area contributed by atoms with E-state index in [2.05, 4.69) is 10.6 Å². The van der Waals surface area contributed by atoms with Crippen LogP contribution in [0.4, 0.5) is 17.1 Å². The first-order valence-corrected chi connectivity index (χ1v) is 14.8. The number of rotatable bonds is 11. The maximum absolute atomic E-state index is 13.2. The molecule has 1 aliphatic heterocycles. The zero-order valence-corrected chi connectivity index (χ0v) is 24.0. The van der Waals surface area contributed by atoms with Crippen molar-refractivity contribution < 1.29 is 23.1 Å². The van der Waals surface area contributed by atoms with Gasteiger partial charge in [0.1, 0.15) is 0 Å². The number of carbonyl (C=O) groups excluding carboxylic acids is 1. The molecule has 0 atom stereocenters. The van der Waals surface area contributed by atoms with Crippen LogP contribution in [-0.4, -0.2) is 63.7 Å². The maximum Gasteiger partial charge on any atom is 0.303 e. The monoisotopic (exact) mass is 582 g/mol. The van der Waals surface area contributed by atoms with Crippen molar-refractivity contribution in [2.75, 3.05) is 48.4 Å². The molecule has 0 fully saturated rings. The summed E-state index contributed by atoms with van der Waals surface area (Å²) in [6.07, 6.45) is 1.50. The minimum Gasteiger partial charge on any atom is -0.481 e. The highest BCUT2D eigenvalue weighted by Crippen LogP contribution is 2.39. The zero-order valence-electron chi connectivity index (χ0n) is 22.4. The van der Waals surface area contributed by atoms with E-state index >= 15 is 0 Å². The number of sulfonamides is 1. The number of aliphatic carboxylic acids is 1. The lowest BCUT2D eigenvalue weighted by Gasteiger charge is -2.24. The quantitative estimate of drug-likeness (QED) is 0.282. The SMILES string of the molecule is CN(C)CCN(c1ccc(N/C(=C2\C(=O)Nc3cc(Cl)ccc32)c2cccc(CCC(=O)O)c2)cc1)S(C)(=O)=O. The van der Waals surface area contributed by atoms with Gasteiger partial charge in [-0.3, -0.25) is 13.9 Å². The molecule has 0 spiro atoms. The number of hydrogen-bond acceptors (Lipinski definition) is 6. The number of carboxylic acids is 1. The first kappa shape index (κ1) is 29.1. The van der Waals surface area contributed by atoms with Crippen LogP contribution in [0.1, 0.15) is 23.1 Å². The fraction of sp³-hybridized carbons (Fsp3) is 0.241. The Hall–Kier alpha value is -3.86. The zero-order chi connectivity index (χ0) is 29.0. The van der Waals surface area contributed by atoms with Gasteiger partial charge in [0, 0.05) is 35.8 Å². The van der Waals surface area contributed by atoms with Crippen molar-refractivity contribution in [3.63, 3.8) is 0 Å². The third-order valence-electron chi connectivity index (χ3n) is 6.39. The van der Waals surface area contributed by atoms with Gasteiger partial charge in [0.2, 0.25) is 10.0 Å². The highest BCUT2D eigenvalue weighted by molar-refractivity contribution is 7.92. The van der Waals surface area contributed by atoms with Gasteiger partial charge in [-0.15, -0.1) is 0 Å². The lowest BCUT2D eigenvalue weighted by atomic mass is 9.97. The van der Waals surface area contributed by atoms with E-state index in [1.165, 1.54) is 10.6 Å². The van der Waals surface area contributed by atoms with E-state index in [1.807, 2.05) is 43.3 Å². The van der Waals surface area contributed by atoms with Crippen LogP contribution in [0.2, 0.25) is 5.02 Å². The first-order chi connectivity index (χ1) is 18.9. The predicted molar refractivity (Wildman–Crippen MR) is 160 cm³/mol. The van der Waals surface area contributed by atoms with Crippen molar-refractivity contribution in [3.8, 4) is 0 Å². The molecule has 4 rings (SSSR count). The summed E-state index contributed by atoms with van der Waals surface area (Å²) in [6, 6.07) is 19.5. The number of nitrogens with zero attached hydrogens (tertiary/aromatic N) is 2. The number of aryl methyl sites for hydroxylation is 1. The number of anilines is 3. The lowest BCUT2D eigenvalue weighted by Crippen LogP contribution is -2.35. The number of fused-ring (bicyclic) bond motifs is 1. The average molecular weight is 583 g/mol. The molecule has 3 aromatic rings. The van der Waals surface area contributed by atoms with Crippen molar-refractivity contribution >= 4 is 61.8 Å². The number of benzene rings is 3. The summed E-state index contributed by atoms with van der Waals surface area (Å²) in [6.45, 7) is 0.858. The Kier molecular flexibility index (Phi) is 8.82. The fourth-order valence-electron chi connectivity index (χ4n) is 4.44. The molecule has 0 saturated carbocycles. The van der Waals surface area contributed by atoms with Crippen LogP contribution in [0, 0.1) is 0 Å². The smallest absolute Gasteiger partial charge is 0.303 e. The van der Waals surface area contributed by atoms with E-state index in [0.717, 1.165) is 5.56 Å². The van der Waals surface area contributed by atoms with Crippen molar-refractivity contribution in [2.24, 2.45) is 0 Å². The number of halogens is 1. The van der Waals surface area contributed by atoms with Crippen molar-refractivity contribution in [3.05, 3.63) is 88.4 Å². The molecule has 0 bridgehead atoms. The first-order valence-electron chi connectivity index (χ1n) is 12.6. The predicted octanol–water partition coefficient (Wildman–Crippen LogP) is 4.62. The Morgan fingerprint density at radius 2 is 1.75 bits per heavy atom. The Morgan fingerprint density at radius 3 is 2.40 bits per heavy atom. The standard InChI is InChI=1S/C29H31ClN4O5S/c1-33(2)15-16-34(40(3,38)39)23-11-9-22(10-12-23)31-28(20-6-4-5-19(17-20)7-14-26(35)36)27-24-13-8-21(30)18-25(24)32-29(27)37/h4-6,8-13,17-18,31H,7,14-16H2,1-3H3,(H,32,37)(H,35,36)/b28-27-. The Labute approximate surface area is 239 Å². The molecule has 1 heterocycles. The second-order valence-electron chi connectivity index (χ2n) is 9.80. The fourth-order valence-corrected chi connectivity index (χ4v) is 5.53. The van der Waals surface area contributed by atoms with Gasteiger partial charge in [0.25, 0.3) is 5.91 Å². The molecule has 0 aliphatic carbocycles. The van der Waals surface area contributed by atoms with E-state index in [-0.39, 0.29) is 12.3 Å². The van der Waals surface area contributed by atoms with Gasteiger partial charge in [-0.05, 0) is 74.1 Å². The Morgan fingerprint density at radius 1 is 1.02 bits per heavy atom. The van der Waals surface area contributed by atoms with Crippen molar-refractivity contribution in [2.45, 2.75) is 12.8 Å². The van der Waals surface area contributed by atoms with Crippen LogP contribution >= 0.6 is 11.6 Å². The van der Waals surface area contributed by atoms with Crippen molar-refractivity contribution in [1.82, 2.24) is 4.90 Å². The minimum absolute atomic E-state index is 0.0171. The van der Waals surface area contributed by atoms with Gasteiger partial charge in [-0.25, -0.2) is 8.42 Å². The number of likely N-dealkylation sites (N-methyl/N-ethyl adjacent to an activating group) is 1. The van der Waals surface area contributed by atoms with Crippen LogP contribution in [0.3, 0.4) is 0 Å². The van der Waals surface area contributed by atoms with Gasteiger partial charge in [-0.1, -0.05) is 35.9 Å². The van der Waals surface area contributed by atoms with Crippen molar-refractivity contribution in [1.29, 1.82) is 0 Å². The molecule has 1 amide bonds. The number of amides is 1. The van der Waals surface area contributed by atoms with E-state index in [1.54, 1.807) is 42.5 Å². The summed E-state index contributed by atoms with van der Waals surface area (Å²) in [4.78, 5) is 26.3. The third-order valence-corrected chi connectivity index (χ3v) is 7.82. The second kappa shape index (κ2) is 12.1. The van der Waals surface area contributed by atoms with Gasteiger partial charge in [0.05, 0.1) is 28.9 Å². The van der Waals surface area contributed by atoms with Crippen LogP contribution in [0.15, 0.2) is 66.7 Å². The summed E-state index contributed by atoms with van der Waals surface area (Å²) in [5.41, 5.74) is 4.88. The number of nitrogens with one attached hydrogen (secondary N) is 2. The van der Waals surface area contributed by atoms with Crippen LogP contribution in [0.5, 0.6) is 0 Å². The molecule has 1 aliphatic rings. The Bertz CT molecular complexity index is 1570. The maximum atomic E-state index is 13.2.